The normalized spacial score (nSPS) is 23.1. The predicted octanol–water partition coefficient (Wildman–Crippen LogP) is 6.06. The first-order chi connectivity index (χ1) is 21.9. The van der Waals surface area contributed by atoms with Gasteiger partial charge in [0.25, 0.3) is 0 Å². The average Bonchev–Trinajstić information content (AvgIpc) is 2.99. The first-order valence-electron chi connectivity index (χ1n) is 16.1. The Morgan fingerprint density at radius 2 is 1.87 bits per heavy atom. The Morgan fingerprint density at radius 3 is 2.50 bits per heavy atom. The molecule has 9 nitrogen and oxygen atoms in total. The lowest BCUT2D eigenvalue weighted by atomic mass is 9.77. The maximum Gasteiger partial charge on any atom is 0.410 e. The number of likely N-dealkylation sites (tertiary alicyclic amines) is 1. The summed E-state index contributed by atoms with van der Waals surface area (Å²) in [6.45, 7) is 13.4. The minimum Gasteiger partial charge on any atom is -0.444 e. The predicted molar refractivity (Wildman–Crippen MR) is 180 cm³/mol. The largest absolute Gasteiger partial charge is 0.444 e. The Kier molecular flexibility index (Phi) is 8.27. The van der Waals surface area contributed by atoms with Gasteiger partial charge < -0.3 is 24.2 Å². The summed E-state index contributed by atoms with van der Waals surface area (Å²) < 4.78 is 27.0. The Labute approximate surface area is 278 Å². The second-order valence-corrected chi connectivity index (χ2v) is 15.7. The van der Waals surface area contributed by atoms with Gasteiger partial charge in [0.1, 0.15) is 17.2 Å². The molecule has 0 aliphatic carbocycles. The molecule has 0 unspecified atom stereocenters. The molecule has 1 aromatic heterocycles. The van der Waals surface area contributed by atoms with Crippen molar-refractivity contribution >= 4 is 46.2 Å². The smallest absolute Gasteiger partial charge is 0.410 e. The number of halogens is 2. The molecule has 2 aromatic carbocycles. The lowest BCUT2D eigenvalue weighted by Crippen LogP contribution is -2.55. The molecule has 2 atom stereocenters. The van der Waals surface area contributed by atoms with Crippen molar-refractivity contribution in [1.82, 2.24) is 19.4 Å². The summed E-state index contributed by atoms with van der Waals surface area (Å²) in [6.07, 6.45) is 1.88. The maximum absolute atomic E-state index is 14.2. The number of rotatable bonds is 4. The Bertz CT molecular complexity index is 1710. The molecule has 12 heteroatoms. The summed E-state index contributed by atoms with van der Waals surface area (Å²) in [5.74, 6) is 0.960. The molecule has 3 saturated heterocycles. The number of piperidine rings is 1. The number of piperazine rings is 1. The van der Waals surface area contributed by atoms with Crippen LogP contribution in [0.15, 0.2) is 40.0 Å². The fourth-order valence-corrected chi connectivity index (χ4v) is 8.95. The van der Waals surface area contributed by atoms with Crippen LogP contribution in [0, 0.1) is 11.2 Å². The van der Waals surface area contributed by atoms with Crippen LogP contribution >= 0.6 is 23.4 Å². The standard InChI is InChI=1S/C34H41ClFN5O4S/c1-21-16-39(32(43)45-33(2,3)4)13-14-40(21)30-25-15-26(35)27(22-5-7-23(36)8-6-22)29-28(25)41(31(42)37-30)24(18-46-29)17-38-11-9-34(10-12-38)19-44-20-34/h5-8,15,21,24H,9-14,16-20H2,1-4H3/t21-,24-/m0/s1. The molecule has 0 saturated carbocycles. The van der Waals surface area contributed by atoms with E-state index in [1.807, 2.05) is 38.3 Å². The number of aromatic nitrogens is 2. The van der Waals surface area contributed by atoms with Crippen LogP contribution in [-0.2, 0) is 9.47 Å². The molecule has 4 aliphatic rings. The van der Waals surface area contributed by atoms with Crippen LogP contribution in [0.2, 0.25) is 5.02 Å². The molecule has 0 bridgehead atoms. The summed E-state index contributed by atoms with van der Waals surface area (Å²) in [5, 5.41) is 1.34. The van der Waals surface area contributed by atoms with Crippen LogP contribution in [0.3, 0.4) is 0 Å². The van der Waals surface area contributed by atoms with Crippen LogP contribution in [0.1, 0.15) is 46.6 Å². The third-order valence-electron chi connectivity index (χ3n) is 9.77. The van der Waals surface area contributed by atoms with Crippen molar-refractivity contribution in [2.24, 2.45) is 5.41 Å². The van der Waals surface area contributed by atoms with Gasteiger partial charge in [-0.05, 0) is 77.4 Å². The molecule has 0 N–H and O–H groups in total. The van der Waals surface area contributed by atoms with Crippen LogP contribution in [0.5, 0.6) is 0 Å². The second-order valence-electron chi connectivity index (χ2n) is 14.3. The number of amides is 1. The highest BCUT2D eigenvalue weighted by Crippen LogP contribution is 2.48. The van der Waals surface area contributed by atoms with Crippen LogP contribution < -0.4 is 10.6 Å². The highest BCUT2D eigenvalue weighted by molar-refractivity contribution is 7.99. The zero-order valence-electron chi connectivity index (χ0n) is 26.9. The van der Waals surface area contributed by atoms with Gasteiger partial charge in [0.05, 0.1) is 29.8 Å². The van der Waals surface area contributed by atoms with Crippen LogP contribution in [-0.4, -0.2) is 95.3 Å². The number of carbonyl (C=O) groups excluding carboxylic acids is 1. The average molecular weight is 670 g/mol. The summed E-state index contributed by atoms with van der Waals surface area (Å²) in [4.78, 5) is 39.0. The minimum absolute atomic E-state index is 0.0653. The SMILES string of the molecule is C[C@H]1CN(C(=O)OC(C)(C)C)CCN1c1nc(=O)n2c3c(c(-c4ccc(F)cc4)c(Cl)cc13)SC[C@@H]2CN1CCC2(CC1)COC2. The number of carbonyl (C=O) groups is 1. The quantitative estimate of drug-likeness (QED) is 0.332. The lowest BCUT2D eigenvalue weighted by Gasteiger charge is -2.48. The van der Waals surface area contributed by atoms with E-state index >= 15 is 0 Å². The van der Waals surface area contributed by atoms with Gasteiger partial charge in [0.2, 0.25) is 0 Å². The van der Waals surface area contributed by atoms with E-state index in [1.165, 1.54) is 12.1 Å². The van der Waals surface area contributed by atoms with Crippen molar-refractivity contribution in [2.45, 2.75) is 63.1 Å². The first-order valence-corrected chi connectivity index (χ1v) is 17.5. The fourth-order valence-electron chi connectivity index (χ4n) is 7.25. The van der Waals surface area contributed by atoms with E-state index in [4.69, 9.17) is 26.1 Å². The Hall–Kier alpha value is -2.86. The number of hydrogen-bond donors (Lipinski definition) is 0. The molecule has 0 radical (unpaired) electrons. The molecular weight excluding hydrogens is 629 g/mol. The zero-order chi connectivity index (χ0) is 32.4. The van der Waals surface area contributed by atoms with E-state index < -0.39 is 5.60 Å². The molecule has 3 aromatic rings. The lowest BCUT2D eigenvalue weighted by molar-refractivity contribution is -0.140. The summed E-state index contributed by atoms with van der Waals surface area (Å²) >= 11 is 8.77. The fraction of sp³-hybridized carbons (Fsp3) is 0.559. The molecule has 1 spiro atoms. The zero-order valence-corrected chi connectivity index (χ0v) is 28.4. The number of ether oxygens (including phenoxy) is 2. The van der Waals surface area contributed by atoms with Crippen LogP contribution in [0.4, 0.5) is 15.0 Å². The second kappa shape index (κ2) is 12.0. The molecule has 5 heterocycles. The van der Waals surface area contributed by atoms with Crippen molar-refractivity contribution in [3.63, 3.8) is 0 Å². The molecule has 7 rings (SSSR count). The third-order valence-corrected chi connectivity index (χ3v) is 11.3. The van der Waals surface area contributed by atoms with E-state index in [9.17, 15) is 14.0 Å². The summed E-state index contributed by atoms with van der Waals surface area (Å²) in [6, 6.07) is 8.08. The van der Waals surface area contributed by atoms with Gasteiger partial charge in [-0.15, -0.1) is 11.8 Å². The van der Waals surface area contributed by atoms with Crippen molar-refractivity contribution in [1.29, 1.82) is 0 Å². The molecule has 1 amide bonds. The van der Waals surface area contributed by atoms with Crippen molar-refractivity contribution in [3.05, 3.63) is 51.7 Å². The number of nitrogens with zero attached hydrogens (tertiary/aromatic N) is 5. The van der Waals surface area contributed by atoms with Gasteiger partial charge in [-0.25, -0.2) is 14.0 Å². The van der Waals surface area contributed by atoms with E-state index in [2.05, 4.69) is 9.80 Å². The molecular formula is C34H41ClFN5O4S. The van der Waals surface area contributed by atoms with Crippen LogP contribution in [0.25, 0.3) is 22.0 Å². The van der Waals surface area contributed by atoms with E-state index in [-0.39, 0.29) is 29.7 Å². The van der Waals surface area contributed by atoms with E-state index in [0.717, 1.165) is 72.6 Å². The van der Waals surface area contributed by atoms with Gasteiger partial charge in [0.15, 0.2) is 0 Å². The van der Waals surface area contributed by atoms with E-state index in [1.54, 1.807) is 28.8 Å². The van der Waals surface area contributed by atoms with Crippen molar-refractivity contribution in [3.8, 4) is 11.1 Å². The minimum atomic E-state index is -0.585. The summed E-state index contributed by atoms with van der Waals surface area (Å²) in [5.41, 5.74) is 1.89. The van der Waals surface area contributed by atoms with Gasteiger partial charge in [-0.3, -0.25) is 4.57 Å². The van der Waals surface area contributed by atoms with Gasteiger partial charge in [-0.2, -0.15) is 4.98 Å². The number of anilines is 1. The highest BCUT2D eigenvalue weighted by Gasteiger charge is 2.42. The summed E-state index contributed by atoms with van der Waals surface area (Å²) in [7, 11) is 0. The van der Waals surface area contributed by atoms with Gasteiger partial charge in [-0.1, -0.05) is 23.7 Å². The maximum atomic E-state index is 14.2. The molecule has 4 aliphatic heterocycles. The Balaban J connectivity index is 1.28. The molecule has 46 heavy (non-hydrogen) atoms. The Morgan fingerprint density at radius 1 is 1.15 bits per heavy atom. The van der Waals surface area contributed by atoms with Gasteiger partial charge in [0, 0.05) is 59.2 Å². The molecule has 3 fully saturated rings. The van der Waals surface area contributed by atoms with Gasteiger partial charge >= 0.3 is 11.8 Å². The number of thioether (sulfide) groups is 1. The first kappa shape index (κ1) is 31.7. The number of hydrogen-bond acceptors (Lipinski definition) is 8. The third kappa shape index (κ3) is 5.88. The topological polar surface area (TPSA) is 80.1 Å². The monoisotopic (exact) mass is 669 g/mol. The van der Waals surface area contributed by atoms with Crippen molar-refractivity contribution < 1.29 is 18.7 Å². The number of benzene rings is 2. The molecule has 246 valence electrons. The van der Waals surface area contributed by atoms with Crippen molar-refractivity contribution in [2.75, 3.05) is 63.1 Å². The highest BCUT2D eigenvalue weighted by atomic mass is 35.5. The van der Waals surface area contributed by atoms with E-state index in [0.29, 0.717) is 41.6 Å².